The van der Waals surface area contributed by atoms with E-state index in [4.69, 9.17) is 21.9 Å². The first-order valence-electron chi connectivity index (χ1n) is 12.9. The van der Waals surface area contributed by atoms with Gasteiger partial charge < -0.3 is 24.4 Å². The van der Waals surface area contributed by atoms with Crippen LogP contribution in [0.25, 0.3) is 5.69 Å². The van der Waals surface area contributed by atoms with Gasteiger partial charge in [-0.25, -0.2) is 0 Å². The predicted octanol–water partition coefficient (Wildman–Crippen LogP) is 6.91. The smallest absolute Gasteiger partial charge is 0.174 e. The molecule has 0 aliphatic carbocycles. The lowest BCUT2D eigenvalue weighted by atomic mass is 10.0. The fourth-order valence-electron chi connectivity index (χ4n) is 5.01. The molecule has 1 aliphatic rings. The van der Waals surface area contributed by atoms with Crippen LogP contribution in [0.15, 0.2) is 122 Å². The minimum absolute atomic E-state index is 0.128. The van der Waals surface area contributed by atoms with E-state index >= 15 is 0 Å². The normalized spacial score (nSPS) is 16.7. The summed E-state index contributed by atoms with van der Waals surface area (Å²) in [6.45, 7) is 0. The molecule has 0 radical (unpaired) electrons. The molecule has 0 saturated carbocycles. The Labute approximate surface area is 234 Å². The minimum Gasteiger partial charge on any atom is -0.457 e. The van der Waals surface area contributed by atoms with Gasteiger partial charge in [-0.15, -0.1) is 0 Å². The van der Waals surface area contributed by atoms with Crippen LogP contribution in [0, 0.1) is 0 Å². The van der Waals surface area contributed by atoms with Crippen LogP contribution < -0.4 is 19.9 Å². The first kappa shape index (κ1) is 24.7. The van der Waals surface area contributed by atoms with Crippen LogP contribution in [0.4, 0.5) is 11.4 Å². The van der Waals surface area contributed by atoms with Crippen molar-refractivity contribution < 1.29 is 4.74 Å². The van der Waals surface area contributed by atoms with Gasteiger partial charge in [-0.2, -0.15) is 0 Å². The summed E-state index contributed by atoms with van der Waals surface area (Å²) in [5.74, 6) is 1.57. The highest BCUT2D eigenvalue weighted by Crippen LogP contribution is 2.42. The van der Waals surface area contributed by atoms with E-state index in [-0.39, 0.29) is 12.1 Å². The van der Waals surface area contributed by atoms with Crippen molar-refractivity contribution in [1.82, 2.24) is 14.9 Å². The van der Waals surface area contributed by atoms with Crippen molar-refractivity contribution in [3.8, 4) is 17.2 Å². The Bertz CT molecular complexity index is 1550. The number of para-hydroxylation sites is 1. The maximum absolute atomic E-state index is 6.03. The van der Waals surface area contributed by atoms with Crippen LogP contribution in [0.5, 0.6) is 11.5 Å². The summed E-state index contributed by atoms with van der Waals surface area (Å²) in [6, 6.07) is 36.4. The highest BCUT2D eigenvalue weighted by molar-refractivity contribution is 7.80. The number of anilines is 2. The van der Waals surface area contributed by atoms with Crippen molar-refractivity contribution in [2.75, 3.05) is 23.9 Å². The lowest BCUT2D eigenvalue weighted by molar-refractivity contribution is 0.482. The summed E-state index contributed by atoms with van der Waals surface area (Å²) < 4.78 is 8.26. The van der Waals surface area contributed by atoms with E-state index in [1.807, 2.05) is 81.0 Å². The molecule has 2 aromatic heterocycles. The van der Waals surface area contributed by atoms with Gasteiger partial charge in [-0.1, -0.05) is 24.3 Å². The Morgan fingerprint density at radius 3 is 2.15 bits per heavy atom. The molecule has 6 nitrogen and oxygen atoms in total. The van der Waals surface area contributed by atoms with Gasteiger partial charge in [0, 0.05) is 49.2 Å². The highest BCUT2D eigenvalue weighted by atomic mass is 32.1. The number of rotatable bonds is 7. The number of thiocarbonyl (C=S) groups is 1. The molecule has 7 heteroatoms. The van der Waals surface area contributed by atoms with Crippen molar-refractivity contribution in [3.63, 3.8) is 0 Å². The summed E-state index contributed by atoms with van der Waals surface area (Å²) in [5.41, 5.74) is 5.27. The number of ether oxygens (including phenoxy) is 1. The van der Waals surface area contributed by atoms with E-state index in [0.29, 0.717) is 5.11 Å². The van der Waals surface area contributed by atoms with Gasteiger partial charge in [0.2, 0.25) is 0 Å². The number of aromatic nitrogens is 2. The number of benzene rings is 3. The summed E-state index contributed by atoms with van der Waals surface area (Å²) in [4.78, 5) is 8.98. The first-order valence-corrected chi connectivity index (χ1v) is 13.3. The van der Waals surface area contributed by atoms with Crippen molar-refractivity contribution in [1.29, 1.82) is 0 Å². The lowest BCUT2D eigenvalue weighted by Gasteiger charge is -2.29. The van der Waals surface area contributed by atoms with Crippen molar-refractivity contribution in [3.05, 3.63) is 133 Å². The Kier molecular flexibility index (Phi) is 6.73. The number of hydrogen-bond acceptors (Lipinski definition) is 4. The third kappa shape index (κ3) is 4.96. The Morgan fingerprint density at radius 2 is 1.46 bits per heavy atom. The van der Waals surface area contributed by atoms with Gasteiger partial charge in [-0.3, -0.25) is 4.98 Å². The molecule has 0 amide bonds. The Morgan fingerprint density at radius 1 is 0.769 bits per heavy atom. The minimum atomic E-state index is -0.131. The van der Waals surface area contributed by atoms with E-state index in [2.05, 4.69) is 74.4 Å². The van der Waals surface area contributed by atoms with Crippen molar-refractivity contribution in [2.24, 2.45) is 0 Å². The molecule has 194 valence electrons. The molecule has 1 N–H and O–H groups in total. The molecule has 2 atom stereocenters. The summed E-state index contributed by atoms with van der Waals surface area (Å²) in [6.07, 6.45) is 3.93. The number of nitrogens with one attached hydrogen (secondary N) is 1. The fraction of sp³-hybridized carbons (Fsp3) is 0.125. The second-order valence-electron chi connectivity index (χ2n) is 9.62. The standard InChI is InChI=1S/C32H29N5OS/c1-35(2)23-13-15-24(16-14-23)36-22-8-12-29(36)31-30(28-11-6-7-21-33-28)34-32(39)37(31)25-17-19-27(20-18-25)38-26-9-4-3-5-10-26/h3-22,30-31H,1-2H3,(H,34,39)/t30-,31+/m0/s1. The summed E-state index contributed by atoms with van der Waals surface area (Å²) in [7, 11) is 4.10. The second kappa shape index (κ2) is 10.6. The van der Waals surface area contributed by atoms with Gasteiger partial charge in [0.15, 0.2) is 5.11 Å². The third-order valence-electron chi connectivity index (χ3n) is 6.92. The van der Waals surface area contributed by atoms with Gasteiger partial charge in [0.1, 0.15) is 17.5 Å². The number of hydrogen-bond donors (Lipinski definition) is 1. The molecule has 6 rings (SSSR count). The van der Waals surface area contributed by atoms with Crippen LogP contribution in [-0.2, 0) is 0 Å². The van der Waals surface area contributed by atoms with Gasteiger partial charge >= 0.3 is 0 Å². The fourth-order valence-corrected chi connectivity index (χ4v) is 5.36. The maximum atomic E-state index is 6.03. The lowest BCUT2D eigenvalue weighted by Crippen LogP contribution is -2.30. The van der Waals surface area contributed by atoms with E-state index < -0.39 is 0 Å². The average molecular weight is 532 g/mol. The van der Waals surface area contributed by atoms with Crippen LogP contribution in [-0.4, -0.2) is 28.8 Å². The topological polar surface area (TPSA) is 45.6 Å². The van der Waals surface area contributed by atoms with Gasteiger partial charge in [0.25, 0.3) is 0 Å². The molecule has 5 aromatic rings. The molecule has 39 heavy (non-hydrogen) atoms. The SMILES string of the molecule is CN(C)c1ccc(-n2cccc2[C@@H]2[C@H](c3ccccn3)NC(=S)N2c2ccc(Oc3ccccc3)cc2)cc1. The molecule has 0 bridgehead atoms. The zero-order valence-corrected chi connectivity index (χ0v) is 22.6. The monoisotopic (exact) mass is 531 g/mol. The number of nitrogens with zero attached hydrogens (tertiary/aromatic N) is 4. The molecule has 1 fully saturated rings. The molecule has 1 saturated heterocycles. The molecule has 0 unspecified atom stereocenters. The zero-order valence-electron chi connectivity index (χ0n) is 21.8. The van der Waals surface area contributed by atoms with E-state index in [9.17, 15) is 0 Å². The van der Waals surface area contributed by atoms with Crippen LogP contribution in [0.1, 0.15) is 23.5 Å². The van der Waals surface area contributed by atoms with Gasteiger partial charge in [-0.05, 0) is 97.1 Å². The highest BCUT2D eigenvalue weighted by Gasteiger charge is 2.42. The van der Waals surface area contributed by atoms with Crippen molar-refractivity contribution in [2.45, 2.75) is 12.1 Å². The molecule has 3 aromatic carbocycles. The molecular formula is C32H29N5OS. The Hall–Kier alpha value is -4.62. The molecule has 1 aliphatic heterocycles. The zero-order chi connectivity index (χ0) is 26.8. The molecule has 0 spiro atoms. The quantitative estimate of drug-likeness (QED) is 0.230. The summed E-state index contributed by atoms with van der Waals surface area (Å²) in [5, 5.41) is 4.21. The second-order valence-corrected chi connectivity index (χ2v) is 10.0. The third-order valence-corrected chi connectivity index (χ3v) is 7.23. The first-order chi connectivity index (χ1) is 19.1. The summed E-state index contributed by atoms with van der Waals surface area (Å²) >= 11 is 5.94. The van der Waals surface area contributed by atoms with Gasteiger partial charge in [0.05, 0.1) is 11.7 Å². The number of pyridine rings is 1. The Balaban J connectivity index is 1.39. The average Bonchev–Trinajstić information content (AvgIpc) is 3.59. The predicted molar refractivity (Wildman–Crippen MR) is 161 cm³/mol. The molecule has 3 heterocycles. The van der Waals surface area contributed by atoms with E-state index in [1.165, 1.54) is 0 Å². The van der Waals surface area contributed by atoms with Crippen LogP contribution in [0.2, 0.25) is 0 Å². The van der Waals surface area contributed by atoms with Crippen LogP contribution >= 0.6 is 12.2 Å². The molecular weight excluding hydrogens is 502 g/mol. The van der Waals surface area contributed by atoms with E-state index in [1.54, 1.807) is 0 Å². The largest absolute Gasteiger partial charge is 0.457 e. The van der Waals surface area contributed by atoms with E-state index in [0.717, 1.165) is 39.9 Å². The van der Waals surface area contributed by atoms with Crippen molar-refractivity contribution >= 4 is 28.7 Å². The van der Waals surface area contributed by atoms with Crippen LogP contribution in [0.3, 0.4) is 0 Å². The maximum Gasteiger partial charge on any atom is 0.174 e.